The Kier molecular flexibility index (Phi) is 3.06. The average molecular weight is 249 g/mol. The summed E-state index contributed by atoms with van der Waals surface area (Å²) < 4.78 is 5.96. The summed E-state index contributed by atoms with van der Waals surface area (Å²) in [5.74, 6) is 0.799. The van der Waals surface area contributed by atoms with Crippen molar-refractivity contribution >= 4 is 23.7 Å². The standard InChI is InChI=1S/C11H15N5S/c1-8-12-10(17-14-8)6-5-9-7-16(15-13-9)11(2,3)4/h5-7H,1-4H3/b6-5+. The van der Waals surface area contributed by atoms with Crippen LogP contribution in [0.3, 0.4) is 0 Å². The molecule has 0 spiro atoms. The van der Waals surface area contributed by atoms with Gasteiger partial charge >= 0.3 is 0 Å². The lowest BCUT2D eigenvalue weighted by Gasteiger charge is -2.17. The number of hydrogen-bond donors (Lipinski definition) is 0. The molecule has 0 saturated heterocycles. The fourth-order valence-electron chi connectivity index (χ4n) is 1.22. The lowest BCUT2D eigenvalue weighted by molar-refractivity contribution is 0.347. The molecule has 17 heavy (non-hydrogen) atoms. The number of nitrogens with zero attached hydrogens (tertiary/aromatic N) is 5. The van der Waals surface area contributed by atoms with Crippen molar-refractivity contribution in [1.82, 2.24) is 24.4 Å². The predicted octanol–water partition coefficient (Wildman–Crippen LogP) is 2.36. The van der Waals surface area contributed by atoms with Gasteiger partial charge in [-0.2, -0.15) is 4.37 Å². The van der Waals surface area contributed by atoms with E-state index in [4.69, 9.17) is 0 Å². The summed E-state index contributed by atoms with van der Waals surface area (Å²) >= 11 is 1.38. The van der Waals surface area contributed by atoms with Gasteiger partial charge in [-0.15, -0.1) is 5.10 Å². The lowest BCUT2D eigenvalue weighted by atomic mass is 10.1. The van der Waals surface area contributed by atoms with Crippen molar-refractivity contribution in [1.29, 1.82) is 0 Å². The topological polar surface area (TPSA) is 56.5 Å². The Morgan fingerprint density at radius 1 is 1.29 bits per heavy atom. The predicted molar refractivity (Wildman–Crippen MR) is 68.6 cm³/mol. The van der Waals surface area contributed by atoms with Crippen LogP contribution in [0, 0.1) is 6.92 Å². The molecule has 0 radical (unpaired) electrons. The zero-order valence-electron chi connectivity index (χ0n) is 10.4. The minimum Gasteiger partial charge on any atom is -0.247 e. The van der Waals surface area contributed by atoms with Gasteiger partial charge in [-0.3, -0.25) is 0 Å². The van der Waals surface area contributed by atoms with Gasteiger partial charge in [0.1, 0.15) is 16.5 Å². The van der Waals surface area contributed by atoms with Gasteiger partial charge in [0.25, 0.3) is 0 Å². The largest absolute Gasteiger partial charge is 0.247 e. The van der Waals surface area contributed by atoms with Crippen LogP contribution in [0.2, 0.25) is 0 Å². The van der Waals surface area contributed by atoms with Crippen molar-refractivity contribution in [2.45, 2.75) is 33.2 Å². The number of hydrogen-bond acceptors (Lipinski definition) is 5. The van der Waals surface area contributed by atoms with Crippen molar-refractivity contribution in [3.05, 3.63) is 22.7 Å². The van der Waals surface area contributed by atoms with Gasteiger partial charge < -0.3 is 0 Å². The highest BCUT2D eigenvalue weighted by Gasteiger charge is 2.14. The second-order valence-corrected chi connectivity index (χ2v) is 5.56. The fourth-order valence-corrected chi connectivity index (χ4v) is 1.79. The highest BCUT2D eigenvalue weighted by Crippen LogP contribution is 2.13. The van der Waals surface area contributed by atoms with Crippen LogP contribution in [0.1, 0.15) is 37.3 Å². The Hall–Kier alpha value is -1.56. The van der Waals surface area contributed by atoms with Crippen LogP contribution in [0.4, 0.5) is 0 Å². The SMILES string of the molecule is Cc1nsc(/C=C/c2cn(C(C)(C)C)nn2)n1. The maximum absolute atomic E-state index is 4.25. The second kappa shape index (κ2) is 4.37. The lowest BCUT2D eigenvalue weighted by Crippen LogP contribution is -2.22. The summed E-state index contributed by atoms with van der Waals surface area (Å²) in [4.78, 5) is 4.25. The maximum Gasteiger partial charge on any atom is 0.139 e. The molecule has 0 aliphatic rings. The van der Waals surface area contributed by atoms with E-state index in [1.807, 2.05) is 30.0 Å². The Bertz CT molecular complexity index is 532. The van der Waals surface area contributed by atoms with Crippen LogP contribution in [-0.4, -0.2) is 24.4 Å². The van der Waals surface area contributed by atoms with E-state index in [1.165, 1.54) is 11.5 Å². The zero-order chi connectivity index (χ0) is 12.5. The third-order valence-corrected chi connectivity index (χ3v) is 2.91. The first-order valence-corrected chi connectivity index (χ1v) is 6.14. The van der Waals surface area contributed by atoms with Gasteiger partial charge in [-0.25, -0.2) is 9.67 Å². The molecule has 0 aromatic carbocycles. The van der Waals surface area contributed by atoms with Crippen LogP contribution in [0.25, 0.3) is 12.2 Å². The van der Waals surface area contributed by atoms with E-state index in [-0.39, 0.29) is 5.54 Å². The van der Waals surface area contributed by atoms with Gasteiger partial charge in [0.05, 0.1) is 11.7 Å². The van der Waals surface area contributed by atoms with Gasteiger partial charge in [0.15, 0.2) is 0 Å². The molecule has 2 aromatic heterocycles. The van der Waals surface area contributed by atoms with E-state index in [9.17, 15) is 0 Å². The quantitative estimate of drug-likeness (QED) is 0.820. The molecule has 0 fully saturated rings. The summed E-state index contributed by atoms with van der Waals surface area (Å²) in [6.07, 6.45) is 5.72. The Morgan fingerprint density at radius 3 is 2.59 bits per heavy atom. The number of rotatable bonds is 2. The monoisotopic (exact) mass is 249 g/mol. The smallest absolute Gasteiger partial charge is 0.139 e. The van der Waals surface area contributed by atoms with Crippen molar-refractivity contribution in [3.63, 3.8) is 0 Å². The summed E-state index contributed by atoms with van der Waals surface area (Å²) in [7, 11) is 0. The van der Waals surface area contributed by atoms with Crippen molar-refractivity contribution < 1.29 is 0 Å². The summed E-state index contributed by atoms with van der Waals surface area (Å²) in [6.45, 7) is 8.14. The molecule has 0 N–H and O–H groups in total. The van der Waals surface area contributed by atoms with Gasteiger partial charge in [-0.05, 0) is 51.4 Å². The third kappa shape index (κ3) is 2.97. The molecule has 6 heteroatoms. The van der Waals surface area contributed by atoms with E-state index < -0.39 is 0 Å². The zero-order valence-corrected chi connectivity index (χ0v) is 11.2. The molecular formula is C11H15N5S. The number of aryl methyl sites for hydroxylation is 1. The highest BCUT2D eigenvalue weighted by atomic mass is 32.1. The van der Waals surface area contributed by atoms with Crippen molar-refractivity contribution in [2.24, 2.45) is 0 Å². The normalized spacial score (nSPS) is 12.5. The van der Waals surface area contributed by atoms with Crippen molar-refractivity contribution in [2.75, 3.05) is 0 Å². The maximum atomic E-state index is 4.25. The molecule has 90 valence electrons. The Labute approximate surface area is 104 Å². The van der Waals surface area contributed by atoms with Crippen LogP contribution in [0.5, 0.6) is 0 Å². The van der Waals surface area contributed by atoms with E-state index in [0.717, 1.165) is 16.5 Å². The Morgan fingerprint density at radius 2 is 2.06 bits per heavy atom. The molecular weight excluding hydrogens is 234 g/mol. The molecule has 2 rings (SSSR count). The van der Waals surface area contributed by atoms with E-state index >= 15 is 0 Å². The molecule has 2 aromatic rings. The van der Waals surface area contributed by atoms with Crippen LogP contribution < -0.4 is 0 Å². The van der Waals surface area contributed by atoms with E-state index in [1.54, 1.807) is 0 Å². The highest BCUT2D eigenvalue weighted by molar-refractivity contribution is 7.06. The molecule has 0 unspecified atom stereocenters. The van der Waals surface area contributed by atoms with Gasteiger partial charge in [0, 0.05) is 0 Å². The first-order chi connectivity index (χ1) is 7.95. The van der Waals surface area contributed by atoms with Crippen LogP contribution >= 0.6 is 11.5 Å². The molecule has 0 amide bonds. The average Bonchev–Trinajstić information content (AvgIpc) is 2.82. The van der Waals surface area contributed by atoms with Gasteiger partial charge in [-0.1, -0.05) is 5.21 Å². The third-order valence-electron chi connectivity index (χ3n) is 2.14. The summed E-state index contributed by atoms with van der Waals surface area (Å²) in [5, 5.41) is 9.06. The summed E-state index contributed by atoms with van der Waals surface area (Å²) in [5.41, 5.74) is 0.783. The van der Waals surface area contributed by atoms with E-state index in [0.29, 0.717) is 0 Å². The molecule has 0 saturated carbocycles. The van der Waals surface area contributed by atoms with E-state index in [2.05, 4.69) is 40.4 Å². The van der Waals surface area contributed by atoms with Gasteiger partial charge in [0.2, 0.25) is 0 Å². The van der Waals surface area contributed by atoms with Crippen molar-refractivity contribution in [3.8, 4) is 0 Å². The second-order valence-electron chi connectivity index (χ2n) is 4.77. The minimum atomic E-state index is -0.0432. The summed E-state index contributed by atoms with van der Waals surface area (Å²) in [6, 6.07) is 0. The Balaban J connectivity index is 2.14. The molecule has 0 atom stereocenters. The molecule has 0 aliphatic heterocycles. The minimum absolute atomic E-state index is 0.0432. The fraction of sp³-hybridized carbons (Fsp3) is 0.455. The molecule has 0 bridgehead atoms. The first-order valence-electron chi connectivity index (χ1n) is 5.36. The number of aromatic nitrogens is 5. The van der Waals surface area contributed by atoms with Crippen LogP contribution in [0.15, 0.2) is 6.20 Å². The molecule has 2 heterocycles. The molecule has 0 aliphatic carbocycles. The molecule has 5 nitrogen and oxygen atoms in total. The van der Waals surface area contributed by atoms with Crippen LogP contribution in [-0.2, 0) is 5.54 Å². The first kappa shape index (κ1) is 11.9.